The first-order valence-electron chi connectivity index (χ1n) is 6.01. The molecule has 106 valence electrons. The predicted octanol–water partition coefficient (Wildman–Crippen LogP) is 1.29. The maximum absolute atomic E-state index is 11.7. The van der Waals surface area contributed by atoms with Crippen LogP contribution < -0.4 is 11.6 Å². The Kier molecular flexibility index (Phi) is 4.46. The molecule has 1 heterocycles. The van der Waals surface area contributed by atoms with Crippen molar-refractivity contribution in [2.24, 2.45) is 0 Å². The summed E-state index contributed by atoms with van der Waals surface area (Å²) in [6.07, 6.45) is 2.18. The smallest absolute Gasteiger partial charge is 0.338 e. The molecule has 0 radical (unpaired) electrons. The van der Waals surface area contributed by atoms with Crippen molar-refractivity contribution >= 4 is 23.4 Å². The fourth-order valence-electron chi connectivity index (χ4n) is 1.45. The number of benzene rings is 1. The lowest BCUT2D eigenvalue weighted by Gasteiger charge is -2.07. The summed E-state index contributed by atoms with van der Waals surface area (Å²) in [7, 11) is 0. The van der Waals surface area contributed by atoms with Gasteiger partial charge in [0.25, 0.3) is 0 Å². The zero-order valence-corrected chi connectivity index (χ0v) is 11.8. The lowest BCUT2D eigenvalue weighted by atomic mass is 10.2. The van der Waals surface area contributed by atoms with E-state index in [4.69, 9.17) is 16.3 Å². The molecule has 7 nitrogen and oxygen atoms in total. The number of nitrogen functional groups attached to an aromatic ring is 2. The fraction of sp³-hybridized carbons (Fsp3) is 0.250. The van der Waals surface area contributed by atoms with Gasteiger partial charge in [-0.15, -0.1) is 10.2 Å². The van der Waals surface area contributed by atoms with Crippen molar-refractivity contribution in [1.29, 1.82) is 0 Å². The lowest BCUT2D eigenvalue weighted by Crippen LogP contribution is -2.08. The van der Waals surface area contributed by atoms with E-state index < -0.39 is 0 Å². The van der Waals surface area contributed by atoms with Gasteiger partial charge in [0, 0.05) is 10.6 Å². The number of ether oxygens (including phenoxy) is 1. The van der Waals surface area contributed by atoms with Crippen LogP contribution in [0.25, 0.3) is 0 Å². The van der Waals surface area contributed by atoms with Gasteiger partial charge in [-0.3, -0.25) is 0 Å². The van der Waals surface area contributed by atoms with Gasteiger partial charge in [0.15, 0.2) is 0 Å². The summed E-state index contributed by atoms with van der Waals surface area (Å²) in [4.78, 5) is 12.5. The Hall–Kier alpha value is -2.22. The minimum absolute atomic E-state index is 0.378. The molecule has 0 unspecified atom stereocenters. The number of nitrogens with two attached hydrogens (primary N) is 2. The van der Waals surface area contributed by atoms with E-state index in [9.17, 15) is 4.79 Å². The minimum atomic E-state index is -0.378. The maximum atomic E-state index is 11.7. The molecule has 0 spiro atoms. The van der Waals surface area contributed by atoms with Crippen LogP contribution in [0.1, 0.15) is 23.7 Å². The number of anilines is 1. The van der Waals surface area contributed by atoms with Gasteiger partial charge in [-0.25, -0.2) is 9.47 Å². The Morgan fingerprint density at radius 3 is 2.90 bits per heavy atom. The van der Waals surface area contributed by atoms with E-state index >= 15 is 0 Å². The summed E-state index contributed by atoms with van der Waals surface area (Å²) in [5, 5.41) is 8.05. The van der Waals surface area contributed by atoms with Gasteiger partial charge in [-0.1, -0.05) is 6.92 Å². The Bertz CT molecular complexity index is 614. The normalized spacial score (nSPS) is 10.4. The van der Waals surface area contributed by atoms with Crippen molar-refractivity contribution in [3.8, 4) is 0 Å². The number of carbonyl (C=O) groups is 1. The number of rotatable bonds is 5. The van der Waals surface area contributed by atoms with E-state index in [1.54, 1.807) is 18.2 Å². The van der Waals surface area contributed by atoms with Gasteiger partial charge < -0.3 is 16.3 Å². The second kappa shape index (κ2) is 6.29. The molecule has 0 amide bonds. The van der Waals surface area contributed by atoms with E-state index in [0.29, 0.717) is 23.0 Å². The average molecular weight is 293 g/mol. The van der Waals surface area contributed by atoms with Crippen LogP contribution in [-0.4, -0.2) is 27.4 Å². The molecular formula is C12H15N5O2S. The molecule has 0 atom stereocenters. The second-order valence-corrected chi connectivity index (χ2v) is 5.02. The third kappa shape index (κ3) is 3.21. The molecule has 0 aliphatic rings. The number of carbonyl (C=O) groups excluding carboxylic acids is 1. The minimum Gasteiger partial charge on any atom is -0.462 e. The van der Waals surface area contributed by atoms with Crippen LogP contribution >= 0.6 is 11.8 Å². The molecule has 0 aliphatic carbocycles. The van der Waals surface area contributed by atoms with Crippen LogP contribution in [-0.2, 0) is 4.74 Å². The lowest BCUT2D eigenvalue weighted by molar-refractivity contribution is 0.0505. The number of nitrogens with zero attached hydrogens (tertiary/aromatic N) is 3. The third-order valence-electron chi connectivity index (χ3n) is 2.42. The number of hydrogen-bond donors (Lipinski definition) is 2. The average Bonchev–Trinajstić information content (AvgIpc) is 2.84. The van der Waals surface area contributed by atoms with Crippen molar-refractivity contribution in [3.05, 3.63) is 30.1 Å². The van der Waals surface area contributed by atoms with E-state index in [0.717, 1.165) is 11.3 Å². The van der Waals surface area contributed by atoms with E-state index in [2.05, 4.69) is 10.2 Å². The number of esters is 1. The van der Waals surface area contributed by atoms with Crippen LogP contribution in [0.5, 0.6) is 0 Å². The first-order valence-corrected chi connectivity index (χ1v) is 6.83. The first kappa shape index (κ1) is 14.2. The SMILES string of the molecule is CCCOC(=O)c1ccc(Sc2nncn2N)c(N)c1. The van der Waals surface area contributed by atoms with E-state index in [1.807, 2.05) is 6.92 Å². The highest BCUT2D eigenvalue weighted by Crippen LogP contribution is 2.30. The summed E-state index contributed by atoms with van der Waals surface area (Å²) in [5.41, 5.74) is 6.82. The van der Waals surface area contributed by atoms with Gasteiger partial charge in [0.05, 0.1) is 12.2 Å². The topological polar surface area (TPSA) is 109 Å². The third-order valence-corrected chi connectivity index (χ3v) is 3.49. The van der Waals surface area contributed by atoms with Gasteiger partial charge >= 0.3 is 5.97 Å². The quantitative estimate of drug-likeness (QED) is 0.485. The highest BCUT2D eigenvalue weighted by Gasteiger charge is 2.12. The van der Waals surface area contributed by atoms with Crippen molar-refractivity contribution in [1.82, 2.24) is 14.9 Å². The molecule has 2 aromatic rings. The van der Waals surface area contributed by atoms with Gasteiger partial charge in [-0.05, 0) is 36.4 Å². The molecule has 0 saturated carbocycles. The zero-order valence-electron chi connectivity index (χ0n) is 10.9. The van der Waals surface area contributed by atoms with Crippen LogP contribution in [0, 0.1) is 0 Å². The number of hydrogen-bond acceptors (Lipinski definition) is 7. The zero-order chi connectivity index (χ0) is 14.5. The Morgan fingerprint density at radius 1 is 1.50 bits per heavy atom. The molecular weight excluding hydrogens is 278 g/mol. The largest absolute Gasteiger partial charge is 0.462 e. The Labute approximate surface area is 120 Å². The standard InChI is InChI=1S/C12H15N5O2S/c1-2-5-19-11(18)8-3-4-10(9(13)6-8)20-12-16-15-7-17(12)14/h3-4,6-7H,2,5,13-14H2,1H3. The molecule has 20 heavy (non-hydrogen) atoms. The van der Waals surface area contributed by atoms with Crippen LogP contribution in [0.2, 0.25) is 0 Å². The first-order chi connectivity index (χ1) is 9.61. The van der Waals surface area contributed by atoms with Crippen molar-refractivity contribution in [2.45, 2.75) is 23.4 Å². The second-order valence-electron chi connectivity index (χ2n) is 4.01. The molecule has 0 fully saturated rings. The highest BCUT2D eigenvalue weighted by molar-refractivity contribution is 7.99. The molecule has 2 rings (SSSR count). The molecule has 0 bridgehead atoms. The molecule has 1 aromatic heterocycles. The highest BCUT2D eigenvalue weighted by atomic mass is 32.2. The molecule has 4 N–H and O–H groups in total. The fourth-order valence-corrected chi connectivity index (χ4v) is 2.20. The number of aromatic nitrogens is 3. The Balaban J connectivity index is 2.14. The summed E-state index contributed by atoms with van der Waals surface area (Å²) < 4.78 is 6.35. The molecule has 1 aromatic carbocycles. The van der Waals surface area contributed by atoms with Crippen LogP contribution in [0.15, 0.2) is 34.6 Å². The van der Waals surface area contributed by atoms with Gasteiger partial charge in [0.2, 0.25) is 5.16 Å². The van der Waals surface area contributed by atoms with Crippen molar-refractivity contribution < 1.29 is 9.53 Å². The predicted molar refractivity (Wildman–Crippen MR) is 75.7 cm³/mol. The Morgan fingerprint density at radius 2 is 2.30 bits per heavy atom. The van der Waals surface area contributed by atoms with Crippen molar-refractivity contribution in [3.63, 3.8) is 0 Å². The van der Waals surface area contributed by atoms with Crippen molar-refractivity contribution in [2.75, 3.05) is 18.2 Å². The van der Waals surface area contributed by atoms with E-state index in [1.165, 1.54) is 22.8 Å². The van der Waals surface area contributed by atoms with Gasteiger partial charge in [-0.2, -0.15) is 0 Å². The summed E-state index contributed by atoms with van der Waals surface area (Å²) >= 11 is 1.27. The summed E-state index contributed by atoms with van der Waals surface area (Å²) in [6.45, 7) is 2.33. The summed E-state index contributed by atoms with van der Waals surface area (Å²) in [5.74, 6) is 5.25. The molecule has 8 heteroatoms. The molecule has 0 aliphatic heterocycles. The van der Waals surface area contributed by atoms with Crippen LogP contribution in [0.4, 0.5) is 5.69 Å². The van der Waals surface area contributed by atoms with Crippen LogP contribution in [0.3, 0.4) is 0 Å². The van der Waals surface area contributed by atoms with E-state index in [-0.39, 0.29) is 5.97 Å². The molecule has 0 saturated heterocycles. The summed E-state index contributed by atoms with van der Waals surface area (Å²) in [6, 6.07) is 4.97. The monoisotopic (exact) mass is 293 g/mol. The van der Waals surface area contributed by atoms with Gasteiger partial charge in [0.1, 0.15) is 6.33 Å². The maximum Gasteiger partial charge on any atom is 0.338 e.